The lowest BCUT2D eigenvalue weighted by Crippen LogP contribution is -2.14. The first-order chi connectivity index (χ1) is 7.98. The van der Waals surface area contributed by atoms with E-state index in [0.29, 0.717) is 15.5 Å². The number of fused-ring (bicyclic) bond motifs is 1. The van der Waals surface area contributed by atoms with Crippen molar-refractivity contribution in [3.63, 3.8) is 0 Å². The molecule has 3 rings (SSSR count). The van der Waals surface area contributed by atoms with Crippen molar-refractivity contribution in [2.75, 3.05) is 0 Å². The molecule has 0 spiro atoms. The van der Waals surface area contributed by atoms with Gasteiger partial charge in [0.05, 0.1) is 5.52 Å². The third kappa shape index (κ3) is 1.74. The van der Waals surface area contributed by atoms with Gasteiger partial charge in [0.2, 0.25) is 5.82 Å². The SMILES string of the molecule is FC(F)(F)c1nc2c(Br)cccc2n1C1CC1. The number of halogens is 4. The molecule has 1 fully saturated rings. The Hall–Kier alpha value is -1.04. The van der Waals surface area contributed by atoms with Gasteiger partial charge in [-0.15, -0.1) is 0 Å². The molecule has 1 aliphatic rings. The molecule has 0 aliphatic heterocycles. The van der Waals surface area contributed by atoms with Gasteiger partial charge in [0.1, 0.15) is 5.52 Å². The lowest BCUT2D eigenvalue weighted by atomic mass is 10.3. The van der Waals surface area contributed by atoms with E-state index in [4.69, 9.17) is 0 Å². The molecule has 0 amide bonds. The minimum Gasteiger partial charge on any atom is -0.317 e. The summed E-state index contributed by atoms with van der Waals surface area (Å²) >= 11 is 3.24. The molecule has 0 N–H and O–H groups in total. The van der Waals surface area contributed by atoms with E-state index in [0.717, 1.165) is 12.8 Å². The summed E-state index contributed by atoms with van der Waals surface area (Å²) in [5, 5.41) is 0. The van der Waals surface area contributed by atoms with Crippen LogP contribution < -0.4 is 0 Å². The molecule has 0 atom stereocenters. The summed E-state index contributed by atoms with van der Waals surface area (Å²) in [6.07, 6.45) is -2.82. The van der Waals surface area contributed by atoms with Gasteiger partial charge in [-0.1, -0.05) is 6.07 Å². The van der Waals surface area contributed by atoms with Crippen LogP contribution in [0.25, 0.3) is 11.0 Å². The molecule has 0 radical (unpaired) electrons. The number of alkyl halides is 3. The van der Waals surface area contributed by atoms with E-state index in [1.165, 1.54) is 4.57 Å². The topological polar surface area (TPSA) is 17.8 Å². The van der Waals surface area contributed by atoms with Crippen molar-refractivity contribution in [2.45, 2.75) is 25.1 Å². The number of para-hydroxylation sites is 1. The molecule has 0 saturated heterocycles. The van der Waals surface area contributed by atoms with Gasteiger partial charge in [-0.3, -0.25) is 0 Å². The minimum absolute atomic E-state index is 0.0501. The quantitative estimate of drug-likeness (QED) is 0.774. The lowest BCUT2D eigenvalue weighted by Gasteiger charge is -2.09. The third-order valence-electron chi connectivity index (χ3n) is 2.84. The fourth-order valence-electron chi connectivity index (χ4n) is 1.99. The van der Waals surface area contributed by atoms with Crippen LogP contribution in [0.2, 0.25) is 0 Å². The zero-order valence-electron chi connectivity index (χ0n) is 8.63. The second kappa shape index (κ2) is 3.48. The summed E-state index contributed by atoms with van der Waals surface area (Å²) in [6.45, 7) is 0. The Balaban J connectivity index is 2.34. The van der Waals surface area contributed by atoms with E-state index >= 15 is 0 Å². The molecule has 1 aromatic carbocycles. The zero-order chi connectivity index (χ0) is 12.2. The van der Waals surface area contributed by atoms with Crippen LogP contribution in [0, 0.1) is 0 Å². The Bertz CT molecular complexity index is 584. The first-order valence-electron chi connectivity index (χ1n) is 5.22. The van der Waals surface area contributed by atoms with Crippen molar-refractivity contribution < 1.29 is 13.2 Å². The van der Waals surface area contributed by atoms with E-state index in [9.17, 15) is 13.2 Å². The van der Waals surface area contributed by atoms with Crippen molar-refractivity contribution in [2.24, 2.45) is 0 Å². The van der Waals surface area contributed by atoms with Crippen LogP contribution in [0.1, 0.15) is 24.7 Å². The van der Waals surface area contributed by atoms with Gasteiger partial charge in [0, 0.05) is 10.5 Å². The molecule has 2 aromatic rings. The molecule has 6 heteroatoms. The molecular formula is C11H8BrF3N2. The summed E-state index contributed by atoms with van der Waals surface area (Å²) in [5.74, 6) is -0.790. The molecule has 17 heavy (non-hydrogen) atoms. The highest BCUT2D eigenvalue weighted by Crippen LogP contribution is 2.43. The number of nitrogens with zero attached hydrogens (tertiary/aromatic N) is 2. The predicted molar refractivity (Wildman–Crippen MR) is 60.7 cm³/mol. The van der Waals surface area contributed by atoms with E-state index in [1.54, 1.807) is 18.2 Å². The normalized spacial score (nSPS) is 16.7. The van der Waals surface area contributed by atoms with Crippen LogP contribution in [0.15, 0.2) is 22.7 Å². The predicted octanol–water partition coefficient (Wildman–Crippen LogP) is 4.15. The number of hydrogen-bond donors (Lipinski definition) is 0. The standard InChI is InChI=1S/C11H8BrF3N2/c12-7-2-1-3-8-9(7)16-10(11(13,14)15)17(8)6-4-5-6/h1-3,6H,4-5H2. The highest BCUT2D eigenvalue weighted by molar-refractivity contribution is 9.10. The van der Waals surface area contributed by atoms with Gasteiger partial charge in [-0.25, -0.2) is 4.98 Å². The van der Waals surface area contributed by atoms with Crippen molar-refractivity contribution in [1.29, 1.82) is 0 Å². The van der Waals surface area contributed by atoms with Crippen molar-refractivity contribution >= 4 is 27.0 Å². The summed E-state index contributed by atoms with van der Waals surface area (Å²) in [6, 6.07) is 5.06. The molecule has 1 heterocycles. The van der Waals surface area contributed by atoms with Gasteiger partial charge in [-0.05, 0) is 40.9 Å². The van der Waals surface area contributed by atoms with Gasteiger partial charge in [0.25, 0.3) is 0 Å². The van der Waals surface area contributed by atoms with Crippen LogP contribution in [0.5, 0.6) is 0 Å². The first-order valence-corrected chi connectivity index (χ1v) is 6.01. The summed E-state index contributed by atoms with van der Waals surface area (Å²) in [5.41, 5.74) is 0.931. The van der Waals surface area contributed by atoms with Crippen LogP contribution >= 0.6 is 15.9 Å². The van der Waals surface area contributed by atoms with E-state index in [-0.39, 0.29) is 6.04 Å². The average molecular weight is 305 g/mol. The van der Waals surface area contributed by atoms with Crippen LogP contribution in [-0.2, 0) is 6.18 Å². The fraction of sp³-hybridized carbons (Fsp3) is 0.364. The number of rotatable bonds is 1. The maximum atomic E-state index is 12.9. The van der Waals surface area contributed by atoms with Crippen molar-refractivity contribution in [3.8, 4) is 0 Å². The molecule has 1 saturated carbocycles. The smallest absolute Gasteiger partial charge is 0.317 e. The van der Waals surface area contributed by atoms with Crippen LogP contribution in [-0.4, -0.2) is 9.55 Å². The van der Waals surface area contributed by atoms with Gasteiger partial charge in [0.15, 0.2) is 0 Å². The Morgan fingerprint density at radius 3 is 2.59 bits per heavy atom. The van der Waals surface area contributed by atoms with Gasteiger partial charge < -0.3 is 4.57 Å². The molecule has 90 valence electrons. The molecule has 1 aromatic heterocycles. The maximum Gasteiger partial charge on any atom is 0.449 e. The highest BCUT2D eigenvalue weighted by Gasteiger charge is 2.41. The molecule has 2 nitrogen and oxygen atoms in total. The minimum atomic E-state index is -4.40. The average Bonchev–Trinajstić information content (AvgIpc) is 2.98. The Labute approximate surface area is 104 Å². The molecule has 0 bridgehead atoms. The fourth-order valence-corrected chi connectivity index (χ4v) is 2.43. The Morgan fingerprint density at radius 1 is 1.29 bits per heavy atom. The second-order valence-electron chi connectivity index (χ2n) is 4.14. The number of hydrogen-bond acceptors (Lipinski definition) is 1. The van der Waals surface area contributed by atoms with Gasteiger partial charge >= 0.3 is 6.18 Å². The van der Waals surface area contributed by atoms with Gasteiger partial charge in [-0.2, -0.15) is 13.2 Å². The molecular weight excluding hydrogens is 297 g/mol. The maximum absolute atomic E-state index is 12.9. The third-order valence-corrected chi connectivity index (χ3v) is 3.48. The summed E-state index contributed by atoms with van der Waals surface area (Å²) in [4.78, 5) is 3.74. The number of imidazole rings is 1. The Kier molecular flexibility index (Phi) is 2.26. The van der Waals surface area contributed by atoms with E-state index < -0.39 is 12.0 Å². The monoisotopic (exact) mass is 304 g/mol. The summed E-state index contributed by atoms with van der Waals surface area (Å²) < 4.78 is 40.6. The highest BCUT2D eigenvalue weighted by atomic mass is 79.9. The summed E-state index contributed by atoms with van der Waals surface area (Å²) in [7, 11) is 0. The Morgan fingerprint density at radius 2 is 2.00 bits per heavy atom. The second-order valence-corrected chi connectivity index (χ2v) is 5.00. The van der Waals surface area contributed by atoms with Crippen LogP contribution in [0.3, 0.4) is 0 Å². The number of aromatic nitrogens is 2. The van der Waals surface area contributed by atoms with Crippen molar-refractivity contribution in [1.82, 2.24) is 9.55 Å². The van der Waals surface area contributed by atoms with Crippen LogP contribution in [0.4, 0.5) is 13.2 Å². The number of benzene rings is 1. The molecule has 1 aliphatic carbocycles. The van der Waals surface area contributed by atoms with Crippen molar-refractivity contribution in [3.05, 3.63) is 28.5 Å². The van der Waals surface area contributed by atoms with E-state index in [1.807, 2.05) is 0 Å². The lowest BCUT2D eigenvalue weighted by molar-refractivity contribution is -0.147. The zero-order valence-corrected chi connectivity index (χ0v) is 10.2. The molecule has 0 unspecified atom stereocenters. The largest absolute Gasteiger partial charge is 0.449 e. The van der Waals surface area contributed by atoms with E-state index in [2.05, 4.69) is 20.9 Å². The first kappa shape index (κ1) is 11.1.